The van der Waals surface area contributed by atoms with Crippen LogP contribution >= 0.6 is 15.9 Å². The van der Waals surface area contributed by atoms with Gasteiger partial charge in [0.05, 0.1) is 0 Å². The highest BCUT2D eigenvalue weighted by Gasteiger charge is 2.42. The Morgan fingerprint density at radius 1 is 1.00 bits per heavy atom. The molecule has 2 nitrogen and oxygen atoms in total. The number of hydrogen-bond donors (Lipinski definition) is 1. The van der Waals surface area contributed by atoms with Gasteiger partial charge in [0.1, 0.15) is 5.56 Å². The minimum Gasteiger partial charge on any atom is -0.351 e. The molecule has 1 aromatic rings. The molecule has 0 saturated heterocycles. The molecule has 1 fully saturated rings. The Hall–Kier alpha value is -1.18. The Balaban J connectivity index is 2.26. The summed E-state index contributed by atoms with van der Waals surface area (Å²) in [7, 11) is 0. The molecule has 0 spiro atoms. The van der Waals surface area contributed by atoms with E-state index in [9.17, 15) is 26.7 Å². The first-order valence-electron chi connectivity index (χ1n) is 5.68. The molecular weight excluding hydrogens is 349 g/mol. The molecule has 2 rings (SSSR count). The van der Waals surface area contributed by atoms with E-state index in [0.29, 0.717) is 5.33 Å². The van der Waals surface area contributed by atoms with Gasteiger partial charge in [-0.3, -0.25) is 4.79 Å². The number of rotatable bonds is 4. The van der Waals surface area contributed by atoms with Crippen LogP contribution < -0.4 is 5.32 Å². The molecular formula is C12H9BrF5NO. The van der Waals surface area contributed by atoms with Gasteiger partial charge in [-0.15, -0.1) is 0 Å². The lowest BCUT2D eigenvalue weighted by Gasteiger charge is -2.13. The Kier molecular flexibility index (Phi) is 4.04. The predicted molar refractivity (Wildman–Crippen MR) is 64.0 cm³/mol. The van der Waals surface area contributed by atoms with Crippen LogP contribution in [-0.2, 0) is 0 Å². The SMILES string of the molecule is O=C(NCC1(CBr)CC1)c1c(F)c(F)c(F)c(F)c1F. The van der Waals surface area contributed by atoms with E-state index in [1.165, 1.54) is 0 Å². The van der Waals surface area contributed by atoms with Crippen molar-refractivity contribution >= 4 is 21.8 Å². The third-order valence-electron chi connectivity index (χ3n) is 3.30. The maximum Gasteiger partial charge on any atom is 0.257 e. The third-order valence-corrected chi connectivity index (χ3v) is 4.49. The van der Waals surface area contributed by atoms with Crippen molar-refractivity contribution in [3.63, 3.8) is 0 Å². The molecule has 20 heavy (non-hydrogen) atoms. The Morgan fingerprint density at radius 3 is 1.85 bits per heavy atom. The molecule has 0 atom stereocenters. The van der Waals surface area contributed by atoms with Gasteiger partial charge in [-0.1, -0.05) is 15.9 Å². The van der Waals surface area contributed by atoms with Gasteiger partial charge in [-0.25, -0.2) is 22.0 Å². The van der Waals surface area contributed by atoms with E-state index < -0.39 is 40.6 Å². The summed E-state index contributed by atoms with van der Waals surface area (Å²) in [6.45, 7) is 0.108. The number of alkyl halides is 1. The summed E-state index contributed by atoms with van der Waals surface area (Å²) in [5.41, 5.74) is -1.65. The van der Waals surface area contributed by atoms with Crippen LogP contribution in [-0.4, -0.2) is 17.8 Å². The molecule has 0 unspecified atom stereocenters. The number of hydrogen-bond acceptors (Lipinski definition) is 1. The van der Waals surface area contributed by atoms with Crippen LogP contribution in [0, 0.1) is 34.5 Å². The van der Waals surface area contributed by atoms with E-state index in [0.717, 1.165) is 12.8 Å². The van der Waals surface area contributed by atoms with Crippen LogP contribution in [0.4, 0.5) is 22.0 Å². The molecule has 0 radical (unpaired) electrons. The van der Waals surface area contributed by atoms with Crippen molar-refractivity contribution in [3.05, 3.63) is 34.6 Å². The van der Waals surface area contributed by atoms with Crippen LogP contribution in [0.3, 0.4) is 0 Å². The molecule has 1 saturated carbocycles. The molecule has 1 N–H and O–H groups in total. The number of nitrogens with one attached hydrogen (secondary N) is 1. The fourth-order valence-electron chi connectivity index (χ4n) is 1.69. The first-order chi connectivity index (χ1) is 9.33. The van der Waals surface area contributed by atoms with Gasteiger partial charge in [-0.05, 0) is 18.3 Å². The lowest BCUT2D eigenvalue weighted by Crippen LogP contribution is -2.32. The van der Waals surface area contributed by atoms with Crippen LogP contribution in [0.5, 0.6) is 0 Å². The summed E-state index contributed by atoms with van der Waals surface area (Å²) in [5, 5.41) is 2.78. The average Bonchev–Trinajstić information content (AvgIpc) is 3.22. The Bertz CT molecular complexity index is 544. The van der Waals surface area contributed by atoms with Crippen molar-refractivity contribution in [1.82, 2.24) is 5.32 Å². The summed E-state index contributed by atoms with van der Waals surface area (Å²) < 4.78 is 65.5. The Morgan fingerprint density at radius 2 is 1.45 bits per heavy atom. The molecule has 8 heteroatoms. The minimum absolute atomic E-state index is 0.108. The van der Waals surface area contributed by atoms with Crippen molar-refractivity contribution in [2.75, 3.05) is 11.9 Å². The van der Waals surface area contributed by atoms with Crippen molar-refractivity contribution < 1.29 is 26.7 Å². The predicted octanol–water partition coefficient (Wildman–Crippen LogP) is 3.29. The van der Waals surface area contributed by atoms with E-state index >= 15 is 0 Å². The van der Waals surface area contributed by atoms with Crippen LogP contribution in [0.15, 0.2) is 0 Å². The number of benzene rings is 1. The standard InChI is InChI=1S/C12H9BrF5NO/c13-3-12(1-2-12)4-19-11(20)5-6(14)8(16)10(18)9(17)7(5)15/h1-4H2,(H,19,20). The quantitative estimate of drug-likeness (QED) is 0.381. The summed E-state index contributed by atoms with van der Waals surface area (Å²) in [5.74, 6) is -12.1. The highest BCUT2D eigenvalue weighted by Crippen LogP contribution is 2.46. The fourth-order valence-corrected chi connectivity index (χ4v) is 2.45. The smallest absolute Gasteiger partial charge is 0.257 e. The second-order valence-electron chi connectivity index (χ2n) is 4.76. The molecule has 1 aliphatic carbocycles. The number of halogens is 6. The van der Waals surface area contributed by atoms with Gasteiger partial charge >= 0.3 is 0 Å². The number of carbonyl (C=O) groups is 1. The minimum atomic E-state index is -2.28. The maximum absolute atomic E-state index is 13.4. The molecule has 1 aromatic carbocycles. The highest BCUT2D eigenvalue weighted by molar-refractivity contribution is 9.09. The summed E-state index contributed by atoms with van der Waals surface area (Å²) in [6.07, 6.45) is 1.63. The van der Waals surface area contributed by atoms with Crippen molar-refractivity contribution in [2.45, 2.75) is 12.8 Å². The molecule has 0 heterocycles. The average molecular weight is 358 g/mol. The van der Waals surface area contributed by atoms with Crippen molar-refractivity contribution in [3.8, 4) is 0 Å². The van der Waals surface area contributed by atoms with Crippen molar-refractivity contribution in [1.29, 1.82) is 0 Å². The second kappa shape index (κ2) is 5.31. The van der Waals surface area contributed by atoms with Crippen LogP contribution in [0.25, 0.3) is 0 Å². The van der Waals surface area contributed by atoms with Gasteiger partial charge in [-0.2, -0.15) is 0 Å². The molecule has 0 aliphatic heterocycles. The topological polar surface area (TPSA) is 29.1 Å². The van der Waals surface area contributed by atoms with Gasteiger partial charge in [0.25, 0.3) is 5.91 Å². The van der Waals surface area contributed by atoms with Crippen LogP contribution in [0.1, 0.15) is 23.2 Å². The lowest BCUT2D eigenvalue weighted by molar-refractivity contribution is 0.0934. The molecule has 0 aromatic heterocycles. The molecule has 1 amide bonds. The number of carbonyl (C=O) groups excluding carboxylic acids is 1. The van der Waals surface area contributed by atoms with E-state index in [2.05, 4.69) is 21.2 Å². The summed E-state index contributed by atoms with van der Waals surface area (Å²) in [4.78, 5) is 11.6. The zero-order valence-corrected chi connectivity index (χ0v) is 11.6. The monoisotopic (exact) mass is 357 g/mol. The fraction of sp³-hybridized carbons (Fsp3) is 0.417. The lowest BCUT2D eigenvalue weighted by atomic mass is 10.1. The molecule has 1 aliphatic rings. The van der Waals surface area contributed by atoms with Crippen molar-refractivity contribution in [2.24, 2.45) is 5.41 Å². The van der Waals surface area contributed by atoms with E-state index in [1.54, 1.807) is 0 Å². The third kappa shape index (κ3) is 2.53. The van der Waals surface area contributed by atoms with Gasteiger partial charge in [0.15, 0.2) is 23.3 Å². The van der Waals surface area contributed by atoms with Gasteiger partial charge < -0.3 is 5.32 Å². The van der Waals surface area contributed by atoms with Gasteiger partial charge in [0, 0.05) is 11.9 Å². The van der Waals surface area contributed by atoms with E-state index in [-0.39, 0.29) is 12.0 Å². The first-order valence-corrected chi connectivity index (χ1v) is 6.81. The maximum atomic E-state index is 13.4. The zero-order chi connectivity index (χ0) is 15.1. The second-order valence-corrected chi connectivity index (χ2v) is 5.32. The van der Waals surface area contributed by atoms with Crippen LogP contribution in [0.2, 0.25) is 0 Å². The Labute approximate surface area is 119 Å². The first kappa shape index (κ1) is 15.2. The normalized spacial score (nSPS) is 16.1. The van der Waals surface area contributed by atoms with Gasteiger partial charge in [0.2, 0.25) is 5.82 Å². The molecule has 110 valence electrons. The molecule has 0 bridgehead atoms. The van der Waals surface area contributed by atoms with E-state index in [4.69, 9.17) is 0 Å². The van der Waals surface area contributed by atoms with E-state index in [1.807, 2.05) is 0 Å². The zero-order valence-electron chi connectivity index (χ0n) is 10.0. The largest absolute Gasteiger partial charge is 0.351 e. The summed E-state index contributed by atoms with van der Waals surface area (Å²) in [6, 6.07) is 0. The highest BCUT2D eigenvalue weighted by atomic mass is 79.9. The number of amides is 1. The summed E-state index contributed by atoms with van der Waals surface area (Å²) >= 11 is 3.23.